The van der Waals surface area contributed by atoms with Crippen LogP contribution < -0.4 is 4.74 Å². The van der Waals surface area contributed by atoms with Crippen LogP contribution in [0.2, 0.25) is 0 Å². The molecule has 1 fully saturated rings. The molecule has 1 aliphatic rings. The molecule has 0 bridgehead atoms. The number of non-ortho nitro benzene ring substituents is 1. The van der Waals surface area contributed by atoms with Crippen molar-refractivity contribution in [1.82, 2.24) is 4.90 Å². The molecule has 5 heteroatoms. The predicted molar refractivity (Wildman–Crippen MR) is 114 cm³/mol. The fourth-order valence-electron chi connectivity index (χ4n) is 3.74. The van der Waals surface area contributed by atoms with E-state index in [0.717, 1.165) is 49.4 Å². The highest BCUT2D eigenvalue weighted by Crippen LogP contribution is 2.27. The van der Waals surface area contributed by atoms with Crippen molar-refractivity contribution in [3.63, 3.8) is 0 Å². The molecule has 3 aromatic rings. The molecule has 1 heterocycles. The van der Waals surface area contributed by atoms with Crippen molar-refractivity contribution in [2.75, 3.05) is 13.1 Å². The van der Waals surface area contributed by atoms with Crippen LogP contribution in [0.1, 0.15) is 18.4 Å². The van der Waals surface area contributed by atoms with Crippen LogP contribution in [0.15, 0.2) is 78.9 Å². The van der Waals surface area contributed by atoms with Crippen molar-refractivity contribution in [2.45, 2.75) is 25.5 Å². The number of hydrogen-bond donors (Lipinski definition) is 0. The third-order valence-electron chi connectivity index (χ3n) is 5.33. The van der Waals surface area contributed by atoms with Crippen LogP contribution in [0.5, 0.6) is 5.75 Å². The first-order valence-electron chi connectivity index (χ1n) is 9.95. The third kappa shape index (κ3) is 5.00. The van der Waals surface area contributed by atoms with Gasteiger partial charge in [0.05, 0.1) is 4.92 Å². The Kier molecular flexibility index (Phi) is 5.86. The first-order valence-corrected chi connectivity index (χ1v) is 9.95. The van der Waals surface area contributed by atoms with Gasteiger partial charge in [-0.2, -0.15) is 0 Å². The van der Waals surface area contributed by atoms with Crippen molar-refractivity contribution in [3.8, 4) is 16.9 Å². The lowest BCUT2D eigenvalue weighted by Gasteiger charge is -2.32. The molecule has 148 valence electrons. The summed E-state index contributed by atoms with van der Waals surface area (Å²) >= 11 is 0. The molecule has 0 unspecified atom stereocenters. The van der Waals surface area contributed by atoms with Gasteiger partial charge in [-0.25, -0.2) is 0 Å². The number of hydrogen-bond acceptors (Lipinski definition) is 4. The molecule has 0 aliphatic carbocycles. The van der Waals surface area contributed by atoms with Gasteiger partial charge in [-0.05, 0) is 41.7 Å². The van der Waals surface area contributed by atoms with Gasteiger partial charge in [0.25, 0.3) is 5.69 Å². The van der Waals surface area contributed by atoms with Crippen LogP contribution in [0.4, 0.5) is 5.69 Å². The summed E-state index contributed by atoms with van der Waals surface area (Å²) in [5.41, 5.74) is 3.23. The fraction of sp³-hybridized carbons (Fsp3) is 0.250. The fourth-order valence-corrected chi connectivity index (χ4v) is 3.74. The molecule has 0 N–H and O–H groups in total. The number of likely N-dealkylation sites (tertiary alicyclic amines) is 1. The van der Waals surface area contributed by atoms with E-state index in [2.05, 4.69) is 29.2 Å². The Morgan fingerprint density at radius 3 is 2.31 bits per heavy atom. The zero-order chi connectivity index (χ0) is 20.1. The lowest BCUT2D eigenvalue weighted by Crippen LogP contribution is -2.37. The smallest absolute Gasteiger partial charge is 0.270 e. The highest BCUT2D eigenvalue weighted by molar-refractivity contribution is 5.66. The van der Waals surface area contributed by atoms with Gasteiger partial charge >= 0.3 is 0 Å². The van der Waals surface area contributed by atoms with Gasteiger partial charge in [-0.1, -0.05) is 54.6 Å². The van der Waals surface area contributed by atoms with Crippen LogP contribution in [-0.2, 0) is 6.54 Å². The van der Waals surface area contributed by atoms with Crippen LogP contribution in [0.25, 0.3) is 11.1 Å². The Balaban J connectivity index is 1.32. The Hall–Kier alpha value is -3.18. The second-order valence-corrected chi connectivity index (χ2v) is 7.41. The topological polar surface area (TPSA) is 55.6 Å². The van der Waals surface area contributed by atoms with Gasteiger partial charge in [-0.15, -0.1) is 0 Å². The predicted octanol–water partition coefficient (Wildman–Crippen LogP) is 5.31. The molecule has 3 aromatic carbocycles. The van der Waals surface area contributed by atoms with E-state index in [0.29, 0.717) is 0 Å². The largest absolute Gasteiger partial charge is 0.490 e. The van der Waals surface area contributed by atoms with Crippen LogP contribution in [-0.4, -0.2) is 29.0 Å². The van der Waals surface area contributed by atoms with Crippen LogP contribution in [0.3, 0.4) is 0 Å². The van der Waals surface area contributed by atoms with Gasteiger partial charge < -0.3 is 4.74 Å². The van der Waals surface area contributed by atoms with Gasteiger partial charge in [0.2, 0.25) is 0 Å². The minimum absolute atomic E-state index is 0.102. The lowest BCUT2D eigenvalue weighted by molar-refractivity contribution is -0.384. The number of benzene rings is 3. The van der Waals surface area contributed by atoms with E-state index >= 15 is 0 Å². The Bertz CT molecular complexity index is 949. The summed E-state index contributed by atoms with van der Waals surface area (Å²) in [6.45, 7) is 3.06. The van der Waals surface area contributed by atoms with Crippen molar-refractivity contribution in [3.05, 3.63) is 94.5 Å². The molecule has 1 aliphatic heterocycles. The molecule has 0 saturated carbocycles. The first-order chi connectivity index (χ1) is 14.2. The molecule has 1 saturated heterocycles. The molecule has 5 nitrogen and oxygen atoms in total. The average molecular weight is 388 g/mol. The van der Waals surface area contributed by atoms with Gasteiger partial charge in [0.15, 0.2) is 0 Å². The van der Waals surface area contributed by atoms with Gasteiger partial charge in [0.1, 0.15) is 11.9 Å². The van der Waals surface area contributed by atoms with Crippen molar-refractivity contribution < 1.29 is 9.66 Å². The average Bonchev–Trinajstić information content (AvgIpc) is 2.76. The summed E-state index contributed by atoms with van der Waals surface area (Å²) in [4.78, 5) is 13.1. The highest BCUT2D eigenvalue weighted by Gasteiger charge is 2.20. The zero-order valence-corrected chi connectivity index (χ0v) is 16.2. The van der Waals surface area contributed by atoms with Crippen LogP contribution in [0, 0.1) is 10.1 Å². The molecule has 0 aromatic heterocycles. The third-order valence-corrected chi connectivity index (χ3v) is 5.33. The summed E-state index contributed by atoms with van der Waals surface area (Å²) in [5, 5.41) is 11.0. The molecule has 0 atom stereocenters. The molecule has 29 heavy (non-hydrogen) atoms. The lowest BCUT2D eigenvalue weighted by atomic mass is 10.0. The first kappa shape index (κ1) is 19.2. The van der Waals surface area contributed by atoms with Crippen molar-refractivity contribution >= 4 is 5.69 Å². The molecule has 0 spiro atoms. The summed E-state index contributed by atoms with van der Waals surface area (Å²) in [5.74, 6) is 0.848. The number of nitro groups is 1. The number of nitro benzene ring substituents is 1. The Labute approximate surface area is 170 Å². The monoisotopic (exact) mass is 388 g/mol. The Morgan fingerprint density at radius 2 is 1.62 bits per heavy atom. The standard InChI is InChI=1S/C24H24N2O3/c27-26(28)22-8-4-7-21(17-22)20-9-11-23(12-10-20)29-24-13-15-25(16-14-24)18-19-5-2-1-3-6-19/h1-12,17,24H,13-16,18H2. The molecule has 4 rings (SSSR count). The number of nitrogens with zero attached hydrogens (tertiary/aromatic N) is 2. The van der Waals surface area contributed by atoms with E-state index in [4.69, 9.17) is 4.74 Å². The number of ether oxygens (including phenoxy) is 1. The number of rotatable bonds is 6. The van der Waals surface area contributed by atoms with E-state index in [1.165, 1.54) is 11.6 Å². The maximum atomic E-state index is 11.0. The maximum Gasteiger partial charge on any atom is 0.270 e. The molecular weight excluding hydrogens is 364 g/mol. The SMILES string of the molecule is O=[N+]([O-])c1cccc(-c2ccc(OC3CCN(Cc4ccccc4)CC3)cc2)c1. The highest BCUT2D eigenvalue weighted by atomic mass is 16.6. The second kappa shape index (κ2) is 8.88. The number of piperidine rings is 1. The minimum atomic E-state index is -0.370. The summed E-state index contributed by atoms with van der Waals surface area (Å²) in [6, 6.07) is 25.1. The van der Waals surface area contributed by atoms with Gasteiger partial charge in [0, 0.05) is 31.8 Å². The normalized spacial score (nSPS) is 15.2. The van der Waals surface area contributed by atoms with Crippen molar-refractivity contribution in [2.24, 2.45) is 0 Å². The quantitative estimate of drug-likeness (QED) is 0.424. The minimum Gasteiger partial charge on any atom is -0.490 e. The molecule has 0 amide bonds. The molecule has 0 radical (unpaired) electrons. The van der Waals surface area contributed by atoms with Crippen molar-refractivity contribution in [1.29, 1.82) is 0 Å². The summed E-state index contributed by atoms with van der Waals surface area (Å²) in [6.07, 6.45) is 2.25. The van der Waals surface area contributed by atoms with E-state index in [1.807, 2.05) is 36.4 Å². The summed E-state index contributed by atoms with van der Waals surface area (Å²) < 4.78 is 6.17. The van der Waals surface area contributed by atoms with E-state index in [1.54, 1.807) is 12.1 Å². The maximum absolute atomic E-state index is 11.0. The summed E-state index contributed by atoms with van der Waals surface area (Å²) in [7, 11) is 0. The second-order valence-electron chi connectivity index (χ2n) is 7.41. The van der Waals surface area contributed by atoms with Crippen LogP contribution >= 0.6 is 0 Å². The Morgan fingerprint density at radius 1 is 0.897 bits per heavy atom. The molecular formula is C24H24N2O3. The zero-order valence-electron chi connectivity index (χ0n) is 16.2. The van der Waals surface area contributed by atoms with E-state index in [9.17, 15) is 10.1 Å². The van der Waals surface area contributed by atoms with E-state index < -0.39 is 0 Å². The van der Waals surface area contributed by atoms with Gasteiger partial charge in [-0.3, -0.25) is 15.0 Å². The van der Waals surface area contributed by atoms with E-state index in [-0.39, 0.29) is 16.7 Å².